The van der Waals surface area contributed by atoms with Crippen LogP contribution in [-0.4, -0.2) is 67.6 Å². The Labute approximate surface area is 271 Å². The van der Waals surface area contributed by atoms with Crippen molar-refractivity contribution < 1.29 is 28.6 Å². The molecule has 0 unspecified atom stereocenters. The molecular formula is C37H45N3O6. The molecule has 1 fully saturated rings. The summed E-state index contributed by atoms with van der Waals surface area (Å²) >= 11 is 0. The number of alkyl carbamates (subject to hydrolysis) is 1. The summed E-state index contributed by atoms with van der Waals surface area (Å²) in [5.41, 5.74) is 4.15. The lowest BCUT2D eigenvalue weighted by atomic mass is 9.92. The third-order valence-electron chi connectivity index (χ3n) is 8.37. The highest BCUT2D eigenvalue weighted by Crippen LogP contribution is 2.44. The molecular weight excluding hydrogens is 582 g/mol. The third-order valence-corrected chi connectivity index (χ3v) is 8.37. The largest absolute Gasteiger partial charge is 0.458 e. The van der Waals surface area contributed by atoms with Gasteiger partial charge in [-0.1, -0.05) is 92.7 Å². The summed E-state index contributed by atoms with van der Waals surface area (Å²) in [6, 6.07) is 24.4. The number of amides is 2. The van der Waals surface area contributed by atoms with E-state index in [1.807, 2.05) is 68.4 Å². The Morgan fingerprint density at radius 1 is 0.891 bits per heavy atom. The smallest absolute Gasteiger partial charge is 0.407 e. The number of hydrogen-bond donors (Lipinski definition) is 3. The summed E-state index contributed by atoms with van der Waals surface area (Å²) in [4.78, 5) is 39.8. The molecule has 1 aliphatic heterocycles. The van der Waals surface area contributed by atoms with E-state index < -0.39 is 35.3 Å². The van der Waals surface area contributed by atoms with Crippen molar-refractivity contribution in [3.8, 4) is 11.1 Å². The number of benzene rings is 3. The number of nitrogens with one attached hydrogen (secondary N) is 3. The Bertz CT molecular complexity index is 1480. The van der Waals surface area contributed by atoms with E-state index in [4.69, 9.17) is 14.2 Å². The molecule has 2 amide bonds. The Balaban J connectivity index is 1.20. The zero-order valence-electron chi connectivity index (χ0n) is 27.3. The van der Waals surface area contributed by atoms with E-state index in [0.717, 1.165) is 27.8 Å². The van der Waals surface area contributed by atoms with Crippen LogP contribution in [0.1, 0.15) is 57.2 Å². The molecule has 3 N–H and O–H groups in total. The van der Waals surface area contributed by atoms with Crippen LogP contribution in [0.2, 0.25) is 0 Å². The molecule has 0 radical (unpaired) electrons. The SMILES string of the molecule is CC(C)[C@H](NC1(CNC(=O)OCC2c3ccccc3-c3ccccc32)COC1)C(=O)N[C@H](Cc1ccccc1)C(=O)OC(C)(C)C. The van der Waals surface area contributed by atoms with Crippen molar-refractivity contribution in [3.63, 3.8) is 0 Å². The number of esters is 1. The lowest BCUT2D eigenvalue weighted by molar-refractivity contribution is -0.159. The van der Waals surface area contributed by atoms with Gasteiger partial charge in [0.15, 0.2) is 0 Å². The van der Waals surface area contributed by atoms with Crippen molar-refractivity contribution in [2.24, 2.45) is 5.92 Å². The first kappa shape index (κ1) is 33.2. The minimum Gasteiger partial charge on any atom is -0.458 e. The van der Waals surface area contributed by atoms with Crippen molar-refractivity contribution in [1.29, 1.82) is 0 Å². The molecule has 1 aliphatic carbocycles. The maximum atomic E-state index is 13.7. The van der Waals surface area contributed by atoms with Crippen molar-refractivity contribution in [3.05, 3.63) is 95.6 Å². The van der Waals surface area contributed by atoms with E-state index in [2.05, 4.69) is 40.2 Å². The van der Waals surface area contributed by atoms with Gasteiger partial charge in [0.2, 0.25) is 5.91 Å². The average Bonchev–Trinajstić information content (AvgIpc) is 3.32. The Morgan fingerprint density at radius 3 is 2.02 bits per heavy atom. The molecule has 1 heterocycles. The molecule has 3 aromatic rings. The zero-order chi connectivity index (χ0) is 32.9. The van der Waals surface area contributed by atoms with E-state index in [9.17, 15) is 14.4 Å². The Morgan fingerprint density at radius 2 is 1.48 bits per heavy atom. The first-order valence-corrected chi connectivity index (χ1v) is 16.0. The van der Waals surface area contributed by atoms with Crippen molar-refractivity contribution in [2.45, 2.75) is 70.2 Å². The van der Waals surface area contributed by atoms with Gasteiger partial charge in [0.25, 0.3) is 0 Å². The summed E-state index contributed by atoms with van der Waals surface area (Å²) in [6.45, 7) is 10.3. The number of hydrogen-bond acceptors (Lipinski definition) is 7. The molecule has 1 saturated heterocycles. The maximum absolute atomic E-state index is 13.7. The number of carbonyl (C=O) groups excluding carboxylic acids is 3. The van der Waals surface area contributed by atoms with Crippen LogP contribution in [0.15, 0.2) is 78.9 Å². The van der Waals surface area contributed by atoms with Crippen molar-refractivity contribution in [2.75, 3.05) is 26.4 Å². The molecule has 2 aliphatic rings. The van der Waals surface area contributed by atoms with Gasteiger partial charge in [-0.25, -0.2) is 9.59 Å². The first-order chi connectivity index (χ1) is 21.9. The second-order valence-corrected chi connectivity index (χ2v) is 13.6. The van der Waals surface area contributed by atoms with E-state index >= 15 is 0 Å². The molecule has 0 bridgehead atoms. The van der Waals surface area contributed by atoms with Crippen LogP contribution in [0.4, 0.5) is 4.79 Å². The fraction of sp³-hybridized carbons (Fsp3) is 0.432. The van der Waals surface area contributed by atoms with Crippen LogP contribution in [0.3, 0.4) is 0 Å². The minimum absolute atomic E-state index is 0.0416. The fourth-order valence-corrected chi connectivity index (χ4v) is 6.02. The summed E-state index contributed by atoms with van der Waals surface area (Å²) in [7, 11) is 0. The topological polar surface area (TPSA) is 115 Å². The molecule has 0 spiro atoms. The fourth-order valence-electron chi connectivity index (χ4n) is 6.02. The molecule has 5 rings (SSSR count). The highest BCUT2D eigenvalue weighted by atomic mass is 16.6. The van der Waals surface area contributed by atoms with E-state index in [0.29, 0.717) is 19.6 Å². The van der Waals surface area contributed by atoms with Crippen LogP contribution < -0.4 is 16.0 Å². The summed E-state index contributed by atoms with van der Waals surface area (Å²) in [5, 5.41) is 9.27. The monoisotopic (exact) mass is 627 g/mol. The molecule has 9 heteroatoms. The van der Waals surface area contributed by atoms with E-state index in [1.54, 1.807) is 20.8 Å². The number of carbonyl (C=O) groups is 3. The van der Waals surface area contributed by atoms with Crippen LogP contribution in [0.25, 0.3) is 11.1 Å². The first-order valence-electron chi connectivity index (χ1n) is 16.0. The molecule has 46 heavy (non-hydrogen) atoms. The predicted molar refractivity (Wildman–Crippen MR) is 176 cm³/mol. The minimum atomic E-state index is -0.871. The number of ether oxygens (including phenoxy) is 3. The average molecular weight is 628 g/mol. The van der Waals surface area contributed by atoms with Crippen LogP contribution in [0.5, 0.6) is 0 Å². The third kappa shape index (κ3) is 7.95. The Kier molecular flexibility index (Phi) is 10.1. The predicted octanol–water partition coefficient (Wildman–Crippen LogP) is 4.98. The number of rotatable bonds is 12. The van der Waals surface area contributed by atoms with Crippen molar-refractivity contribution >= 4 is 18.0 Å². The van der Waals surface area contributed by atoms with Gasteiger partial charge in [-0.2, -0.15) is 0 Å². The van der Waals surface area contributed by atoms with Crippen LogP contribution >= 0.6 is 0 Å². The summed E-state index contributed by atoms with van der Waals surface area (Å²) < 4.78 is 16.9. The second-order valence-electron chi connectivity index (χ2n) is 13.6. The Hall–Kier alpha value is -4.21. The lowest BCUT2D eigenvalue weighted by Gasteiger charge is -2.45. The summed E-state index contributed by atoms with van der Waals surface area (Å²) in [5.74, 6) is -0.983. The molecule has 9 nitrogen and oxygen atoms in total. The molecule has 2 atom stereocenters. The molecule has 244 valence electrons. The lowest BCUT2D eigenvalue weighted by Crippen LogP contribution is -2.71. The van der Waals surface area contributed by atoms with Gasteiger partial charge in [-0.05, 0) is 54.5 Å². The van der Waals surface area contributed by atoms with Crippen molar-refractivity contribution in [1.82, 2.24) is 16.0 Å². The van der Waals surface area contributed by atoms with Gasteiger partial charge in [0.1, 0.15) is 18.2 Å². The van der Waals surface area contributed by atoms with Gasteiger partial charge in [-0.3, -0.25) is 10.1 Å². The van der Waals surface area contributed by atoms with Gasteiger partial charge >= 0.3 is 12.1 Å². The molecule has 3 aromatic carbocycles. The van der Waals surface area contributed by atoms with Crippen LogP contribution in [-0.2, 0) is 30.2 Å². The van der Waals surface area contributed by atoms with E-state index in [1.165, 1.54) is 0 Å². The molecule has 0 saturated carbocycles. The maximum Gasteiger partial charge on any atom is 0.407 e. The standard InChI is InChI=1S/C37H45N3O6/c1-24(2)32(33(41)39-31(34(42)46-36(3,4)5)19-25-13-7-6-8-14-25)40-37(22-44-23-37)21-38-35(43)45-20-30-28-17-11-9-15-26(28)27-16-10-12-18-29(27)30/h6-18,24,30-32,40H,19-23H2,1-5H3,(H,38,43)(H,39,41)/t31-,32+/m1/s1. The van der Waals surface area contributed by atoms with Gasteiger partial charge < -0.3 is 24.8 Å². The van der Waals surface area contributed by atoms with E-state index in [-0.39, 0.29) is 30.9 Å². The second kappa shape index (κ2) is 14.1. The number of fused-ring (bicyclic) bond motifs is 3. The molecule has 0 aromatic heterocycles. The highest BCUT2D eigenvalue weighted by molar-refractivity contribution is 5.88. The quantitative estimate of drug-likeness (QED) is 0.243. The normalized spacial score (nSPS) is 16.4. The highest BCUT2D eigenvalue weighted by Gasteiger charge is 2.43. The van der Waals surface area contributed by atoms with Gasteiger partial charge in [0.05, 0.1) is 24.8 Å². The van der Waals surface area contributed by atoms with Gasteiger partial charge in [0, 0.05) is 18.9 Å². The van der Waals surface area contributed by atoms with Gasteiger partial charge in [-0.15, -0.1) is 0 Å². The summed E-state index contributed by atoms with van der Waals surface area (Å²) in [6.07, 6.45) is -0.238. The van der Waals surface area contributed by atoms with Crippen LogP contribution in [0, 0.1) is 5.92 Å². The zero-order valence-corrected chi connectivity index (χ0v) is 27.3.